The molecule has 1 amide bonds. The van der Waals surface area contributed by atoms with E-state index in [1.165, 1.54) is 11.3 Å². The van der Waals surface area contributed by atoms with Gasteiger partial charge >= 0.3 is 11.0 Å². The number of fused-ring (bicyclic) bond motifs is 1. The number of aromatic nitrogens is 1. The van der Waals surface area contributed by atoms with Crippen molar-refractivity contribution in [3.63, 3.8) is 0 Å². The minimum atomic E-state index is -0.524. The van der Waals surface area contributed by atoms with Crippen LogP contribution in [-0.4, -0.2) is 25.2 Å². The van der Waals surface area contributed by atoms with Gasteiger partial charge in [-0.05, 0) is 48.1 Å². The smallest absolute Gasteiger partial charge is 0.345 e. The fourth-order valence-electron chi connectivity index (χ4n) is 4.39. The Hall–Kier alpha value is -4.10. The van der Waals surface area contributed by atoms with E-state index in [1.54, 1.807) is 7.11 Å². The Bertz CT molecular complexity index is 1400. The fraction of sp³-hybridized carbons (Fsp3) is 0.143. The van der Waals surface area contributed by atoms with Gasteiger partial charge in [-0.15, -0.1) is 0 Å². The highest BCUT2D eigenvalue weighted by Crippen LogP contribution is 2.44. The highest BCUT2D eigenvalue weighted by atomic mass is 32.1. The monoisotopic (exact) mass is 484 g/mol. The van der Waals surface area contributed by atoms with Crippen LogP contribution in [0.4, 0.5) is 10.8 Å². The number of hydrogen-bond acceptors (Lipinski definition) is 5. The summed E-state index contributed by atoms with van der Waals surface area (Å²) in [5.41, 5.74) is 3.89. The van der Waals surface area contributed by atoms with Crippen molar-refractivity contribution in [2.45, 2.75) is 13.0 Å². The molecule has 3 aromatic carbocycles. The molecular formula is C28H26N3O3S+. The Morgan fingerprint density at radius 3 is 2.26 bits per heavy atom. The lowest BCUT2D eigenvalue weighted by Gasteiger charge is -2.28. The van der Waals surface area contributed by atoms with Crippen molar-refractivity contribution in [2.24, 2.45) is 0 Å². The fourth-order valence-corrected chi connectivity index (χ4v) is 5.58. The average molecular weight is 485 g/mol. The summed E-state index contributed by atoms with van der Waals surface area (Å²) in [5.74, 6) is 0.634. The number of hydrogen-bond donors (Lipinski definition) is 2. The Morgan fingerprint density at radius 1 is 1.00 bits per heavy atom. The molecule has 35 heavy (non-hydrogen) atoms. The van der Waals surface area contributed by atoms with E-state index < -0.39 is 6.04 Å². The average Bonchev–Trinajstić information content (AvgIpc) is 3.24. The number of carbonyl (C=O) groups is 1. The number of amides is 1. The molecule has 6 nitrogen and oxygen atoms in total. The molecule has 1 aromatic heterocycles. The van der Waals surface area contributed by atoms with Gasteiger partial charge in [0.1, 0.15) is 21.9 Å². The van der Waals surface area contributed by atoms with Crippen LogP contribution in [0.5, 0.6) is 11.6 Å². The van der Waals surface area contributed by atoms with Crippen molar-refractivity contribution < 1.29 is 19.2 Å². The molecule has 2 N–H and O–H groups in total. The summed E-state index contributed by atoms with van der Waals surface area (Å²) < 4.78 is 7.20. The number of methoxy groups -OCH3 is 1. The summed E-state index contributed by atoms with van der Waals surface area (Å²) in [7, 11) is 3.54. The molecule has 0 aliphatic carbocycles. The maximum absolute atomic E-state index is 13.7. The number of rotatable bonds is 5. The van der Waals surface area contributed by atoms with E-state index in [1.807, 2.05) is 108 Å². The first kappa shape index (κ1) is 22.7. The van der Waals surface area contributed by atoms with Gasteiger partial charge in [0.25, 0.3) is 5.91 Å². The maximum atomic E-state index is 13.7. The van der Waals surface area contributed by atoms with Gasteiger partial charge in [-0.3, -0.25) is 4.79 Å². The first-order valence-electron chi connectivity index (χ1n) is 11.3. The Kier molecular flexibility index (Phi) is 6.01. The van der Waals surface area contributed by atoms with E-state index in [0.29, 0.717) is 11.3 Å². The van der Waals surface area contributed by atoms with Crippen molar-refractivity contribution in [3.8, 4) is 22.1 Å². The highest BCUT2D eigenvalue weighted by Gasteiger charge is 2.45. The standard InChI is InChI=1S/C28H25N3O3S/c1-18-23(26(32)29-21-12-8-5-9-13-21)24(19-14-16-22(34-3)17-15-19)31-27(33)25(35-28(31)30(18)2)20-10-6-4-7-11-20/h4-17,24H,1-3H3,(H-,29,32,33)/p+1. The number of ether oxygens (including phenoxy) is 1. The van der Waals surface area contributed by atoms with Crippen molar-refractivity contribution in [2.75, 3.05) is 24.4 Å². The Labute approximate surface area is 208 Å². The minimum Gasteiger partial charge on any atom is -0.497 e. The maximum Gasteiger partial charge on any atom is 0.345 e. The van der Waals surface area contributed by atoms with Crippen LogP contribution in [0.2, 0.25) is 0 Å². The number of benzene rings is 3. The van der Waals surface area contributed by atoms with E-state index in [-0.39, 0.29) is 11.8 Å². The Balaban J connectivity index is 1.69. The molecule has 2 heterocycles. The van der Waals surface area contributed by atoms with Gasteiger partial charge in [0, 0.05) is 11.3 Å². The van der Waals surface area contributed by atoms with Gasteiger partial charge in [0.15, 0.2) is 6.04 Å². The normalized spacial score (nSPS) is 15.1. The van der Waals surface area contributed by atoms with Crippen LogP contribution >= 0.6 is 11.3 Å². The third-order valence-electron chi connectivity index (χ3n) is 6.29. The first-order valence-corrected chi connectivity index (χ1v) is 12.1. The van der Waals surface area contributed by atoms with Crippen LogP contribution in [0.3, 0.4) is 0 Å². The van der Waals surface area contributed by atoms with Crippen LogP contribution in [0, 0.1) is 0 Å². The molecule has 5 rings (SSSR count). The molecular weight excluding hydrogens is 458 g/mol. The number of aromatic hydroxyl groups is 1. The molecule has 0 saturated carbocycles. The third kappa shape index (κ3) is 4.04. The number of thiazole rings is 1. The van der Waals surface area contributed by atoms with E-state index in [0.717, 1.165) is 32.6 Å². The summed E-state index contributed by atoms with van der Waals surface area (Å²) in [4.78, 5) is 16.4. The highest BCUT2D eigenvalue weighted by molar-refractivity contribution is 7.18. The van der Waals surface area contributed by atoms with Crippen LogP contribution in [-0.2, 0) is 4.79 Å². The SMILES string of the molecule is COc1ccc(C2C(C(=O)Nc3ccccc3)=C(C)N(C)c3sc(-c4ccccc4)c(O)[n+]32)cc1. The molecule has 1 aliphatic rings. The number of nitrogens with one attached hydrogen (secondary N) is 1. The van der Waals surface area contributed by atoms with E-state index in [2.05, 4.69) is 5.32 Å². The molecule has 7 heteroatoms. The third-order valence-corrected chi connectivity index (χ3v) is 7.56. The van der Waals surface area contributed by atoms with Crippen molar-refractivity contribution in [1.29, 1.82) is 0 Å². The molecule has 1 aliphatic heterocycles. The molecule has 4 aromatic rings. The topological polar surface area (TPSA) is 65.7 Å². The zero-order valence-corrected chi connectivity index (χ0v) is 20.5. The van der Waals surface area contributed by atoms with Crippen LogP contribution < -0.4 is 19.5 Å². The summed E-state index contributed by atoms with van der Waals surface area (Å²) in [6.07, 6.45) is 0. The predicted molar refractivity (Wildman–Crippen MR) is 139 cm³/mol. The molecule has 1 unspecified atom stereocenters. The molecule has 0 spiro atoms. The zero-order valence-electron chi connectivity index (χ0n) is 19.7. The van der Waals surface area contributed by atoms with E-state index >= 15 is 0 Å². The number of nitrogens with zero attached hydrogens (tertiary/aromatic N) is 2. The van der Waals surface area contributed by atoms with Gasteiger partial charge in [0.2, 0.25) is 0 Å². The molecule has 176 valence electrons. The molecule has 0 fully saturated rings. The molecule has 0 bridgehead atoms. The molecule has 1 atom stereocenters. The second kappa shape index (κ2) is 9.27. The van der Waals surface area contributed by atoms with Gasteiger partial charge in [-0.25, -0.2) is 4.90 Å². The summed E-state index contributed by atoms with van der Waals surface area (Å²) in [6.45, 7) is 1.94. The second-order valence-corrected chi connectivity index (χ2v) is 9.30. The molecule has 0 saturated heterocycles. The number of anilines is 2. The van der Waals surface area contributed by atoms with E-state index in [4.69, 9.17) is 4.74 Å². The van der Waals surface area contributed by atoms with Gasteiger partial charge in [-0.2, -0.15) is 4.57 Å². The van der Waals surface area contributed by atoms with Crippen molar-refractivity contribution >= 4 is 28.1 Å². The first-order chi connectivity index (χ1) is 17.0. The number of para-hydroxylation sites is 1. The molecule has 0 radical (unpaired) electrons. The number of allylic oxidation sites excluding steroid dienone is 1. The van der Waals surface area contributed by atoms with Crippen LogP contribution in [0.25, 0.3) is 10.4 Å². The lowest BCUT2D eigenvalue weighted by Crippen LogP contribution is -2.50. The van der Waals surface area contributed by atoms with Crippen molar-refractivity contribution in [1.82, 2.24) is 0 Å². The minimum absolute atomic E-state index is 0.126. The Morgan fingerprint density at radius 2 is 1.63 bits per heavy atom. The zero-order chi connectivity index (χ0) is 24.5. The van der Waals surface area contributed by atoms with Gasteiger partial charge < -0.3 is 15.2 Å². The lowest BCUT2D eigenvalue weighted by atomic mass is 9.94. The summed E-state index contributed by atoms with van der Waals surface area (Å²) >= 11 is 1.50. The summed E-state index contributed by atoms with van der Waals surface area (Å²) in [5, 5.41) is 15.4. The van der Waals surface area contributed by atoms with E-state index in [9.17, 15) is 9.90 Å². The van der Waals surface area contributed by atoms with Gasteiger partial charge in [0.05, 0.1) is 14.2 Å². The van der Waals surface area contributed by atoms with Crippen LogP contribution in [0.15, 0.2) is 96.2 Å². The van der Waals surface area contributed by atoms with Crippen molar-refractivity contribution in [3.05, 3.63) is 102 Å². The quantitative estimate of drug-likeness (QED) is 0.374. The largest absolute Gasteiger partial charge is 0.497 e. The predicted octanol–water partition coefficient (Wildman–Crippen LogP) is 5.37. The second-order valence-electron chi connectivity index (χ2n) is 8.33. The van der Waals surface area contributed by atoms with Gasteiger partial charge in [-0.1, -0.05) is 60.7 Å². The lowest BCUT2D eigenvalue weighted by molar-refractivity contribution is -0.695. The van der Waals surface area contributed by atoms with Crippen LogP contribution in [0.1, 0.15) is 18.5 Å². The number of carbonyl (C=O) groups excluding carboxylic acids is 1. The summed E-state index contributed by atoms with van der Waals surface area (Å²) in [6, 6.07) is 26.3.